The largest absolute Gasteiger partial charge is 0.465 e. The summed E-state index contributed by atoms with van der Waals surface area (Å²) in [5.41, 5.74) is 0.951. The molecule has 1 aromatic carbocycles. The van der Waals surface area contributed by atoms with Gasteiger partial charge in [0, 0.05) is 16.3 Å². The van der Waals surface area contributed by atoms with Gasteiger partial charge >= 0.3 is 12.0 Å². The molecule has 16 heavy (non-hydrogen) atoms. The van der Waals surface area contributed by atoms with Crippen molar-refractivity contribution in [2.45, 2.75) is 0 Å². The zero-order valence-corrected chi connectivity index (χ0v) is 11.0. The fraction of sp³-hybridized carbons (Fsp3) is 0.200. The van der Waals surface area contributed by atoms with E-state index in [1.54, 1.807) is 18.2 Å². The Hall–Kier alpha value is -1.31. The highest BCUT2D eigenvalue weighted by atomic mass is 127. The Balaban J connectivity index is 2.98. The molecule has 2 N–H and O–H groups in total. The number of methoxy groups -OCH3 is 1. The lowest BCUT2D eigenvalue weighted by Gasteiger charge is -2.07. The summed E-state index contributed by atoms with van der Waals surface area (Å²) in [6.45, 7) is 0. The smallest absolute Gasteiger partial charge is 0.337 e. The van der Waals surface area contributed by atoms with Gasteiger partial charge in [0.1, 0.15) is 0 Å². The van der Waals surface area contributed by atoms with E-state index < -0.39 is 5.97 Å². The number of benzene rings is 1. The molecular weight excluding hydrogens is 323 g/mol. The molecule has 0 saturated carbocycles. The second kappa shape index (κ2) is 5.69. The molecule has 0 unspecified atom stereocenters. The van der Waals surface area contributed by atoms with Crippen molar-refractivity contribution in [1.82, 2.24) is 5.32 Å². The van der Waals surface area contributed by atoms with Crippen LogP contribution in [0.2, 0.25) is 0 Å². The van der Waals surface area contributed by atoms with Crippen LogP contribution in [0.3, 0.4) is 0 Å². The van der Waals surface area contributed by atoms with Crippen molar-refractivity contribution in [3.8, 4) is 0 Å². The fourth-order valence-corrected chi connectivity index (χ4v) is 1.76. The second-order valence-electron chi connectivity index (χ2n) is 2.92. The van der Waals surface area contributed by atoms with Gasteiger partial charge in [-0.1, -0.05) is 0 Å². The second-order valence-corrected chi connectivity index (χ2v) is 4.17. The van der Waals surface area contributed by atoms with E-state index in [0.717, 1.165) is 3.57 Å². The standard InChI is InChI=1S/C10H11IN2O3/c1-12-10(15)13-8-4-6(9(14)16-2)3-7(11)5-8/h3-5H,1-2H3,(H2,12,13,15). The Morgan fingerprint density at radius 3 is 2.56 bits per heavy atom. The molecule has 0 aliphatic rings. The monoisotopic (exact) mass is 334 g/mol. The van der Waals surface area contributed by atoms with Crippen molar-refractivity contribution in [3.63, 3.8) is 0 Å². The van der Waals surface area contributed by atoms with Crippen molar-refractivity contribution >= 4 is 40.3 Å². The molecule has 1 aromatic rings. The van der Waals surface area contributed by atoms with Gasteiger partial charge in [0.05, 0.1) is 12.7 Å². The topological polar surface area (TPSA) is 67.4 Å². The summed E-state index contributed by atoms with van der Waals surface area (Å²) < 4.78 is 5.45. The molecule has 0 saturated heterocycles. The average molecular weight is 334 g/mol. The molecule has 0 atom stereocenters. The molecule has 1 rings (SSSR count). The van der Waals surface area contributed by atoms with E-state index in [1.165, 1.54) is 14.2 Å². The Kier molecular flexibility index (Phi) is 4.53. The molecule has 86 valence electrons. The zero-order valence-electron chi connectivity index (χ0n) is 8.83. The van der Waals surface area contributed by atoms with Gasteiger partial charge in [-0.25, -0.2) is 9.59 Å². The summed E-state index contributed by atoms with van der Waals surface area (Å²) in [7, 11) is 2.83. The van der Waals surface area contributed by atoms with Crippen LogP contribution in [0.15, 0.2) is 18.2 Å². The van der Waals surface area contributed by atoms with E-state index in [0.29, 0.717) is 11.3 Å². The van der Waals surface area contributed by atoms with Crippen LogP contribution < -0.4 is 10.6 Å². The van der Waals surface area contributed by atoms with Crippen LogP contribution >= 0.6 is 22.6 Å². The Morgan fingerprint density at radius 2 is 2.00 bits per heavy atom. The van der Waals surface area contributed by atoms with Crippen LogP contribution in [-0.2, 0) is 4.74 Å². The first kappa shape index (κ1) is 12.8. The third kappa shape index (κ3) is 3.37. The van der Waals surface area contributed by atoms with Crippen molar-refractivity contribution in [2.24, 2.45) is 0 Å². The average Bonchev–Trinajstić information content (AvgIpc) is 2.27. The predicted octanol–water partition coefficient (Wildman–Crippen LogP) is 1.83. The number of carbonyl (C=O) groups excluding carboxylic acids is 2. The van der Waals surface area contributed by atoms with Gasteiger partial charge in [-0.15, -0.1) is 0 Å². The third-order valence-corrected chi connectivity index (χ3v) is 2.43. The van der Waals surface area contributed by atoms with Crippen LogP contribution in [0.4, 0.5) is 10.5 Å². The number of urea groups is 1. The number of nitrogens with one attached hydrogen (secondary N) is 2. The van der Waals surface area contributed by atoms with Gasteiger partial charge in [0.15, 0.2) is 0 Å². The number of halogens is 1. The first-order chi connectivity index (χ1) is 7.56. The molecule has 0 aromatic heterocycles. The summed E-state index contributed by atoms with van der Waals surface area (Å²) in [5.74, 6) is -0.432. The molecule has 0 aliphatic heterocycles. The summed E-state index contributed by atoms with van der Waals surface area (Å²) >= 11 is 2.06. The molecule has 0 radical (unpaired) electrons. The normalized spacial score (nSPS) is 9.44. The maximum atomic E-state index is 11.3. The van der Waals surface area contributed by atoms with Crippen molar-refractivity contribution < 1.29 is 14.3 Å². The molecule has 0 aliphatic carbocycles. The maximum Gasteiger partial charge on any atom is 0.337 e. The van der Waals surface area contributed by atoms with Crippen LogP contribution in [-0.4, -0.2) is 26.2 Å². The Labute approximate surface area is 107 Å². The zero-order chi connectivity index (χ0) is 12.1. The number of hydrogen-bond acceptors (Lipinski definition) is 3. The van der Waals surface area contributed by atoms with E-state index in [9.17, 15) is 9.59 Å². The quantitative estimate of drug-likeness (QED) is 0.641. The van der Waals surface area contributed by atoms with Crippen LogP contribution in [0.5, 0.6) is 0 Å². The molecule has 0 heterocycles. The number of rotatable bonds is 2. The number of anilines is 1. The number of esters is 1. The SMILES string of the molecule is CNC(=O)Nc1cc(I)cc(C(=O)OC)c1. The van der Waals surface area contributed by atoms with Crippen LogP contribution in [0, 0.1) is 3.57 Å². The molecule has 2 amide bonds. The summed E-state index contributed by atoms with van der Waals surface area (Å²) in [5, 5.41) is 5.02. The van der Waals surface area contributed by atoms with Gasteiger partial charge in [0.25, 0.3) is 0 Å². The van der Waals surface area contributed by atoms with E-state index in [2.05, 4.69) is 38.0 Å². The Bertz CT molecular complexity index is 421. The highest BCUT2D eigenvalue weighted by Crippen LogP contribution is 2.17. The molecule has 0 spiro atoms. The Morgan fingerprint density at radius 1 is 1.31 bits per heavy atom. The van der Waals surface area contributed by atoms with E-state index in [4.69, 9.17) is 0 Å². The lowest BCUT2D eigenvalue weighted by molar-refractivity contribution is 0.0600. The molecule has 0 bridgehead atoms. The van der Waals surface area contributed by atoms with E-state index >= 15 is 0 Å². The minimum absolute atomic E-state index is 0.335. The van der Waals surface area contributed by atoms with Crippen molar-refractivity contribution in [1.29, 1.82) is 0 Å². The fourth-order valence-electron chi connectivity index (χ4n) is 1.09. The lowest BCUT2D eigenvalue weighted by Crippen LogP contribution is -2.24. The van der Waals surface area contributed by atoms with E-state index in [1.807, 2.05) is 0 Å². The van der Waals surface area contributed by atoms with Gasteiger partial charge in [-0.2, -0.15) is 0 Å². The van der Waals surface area contributed by atoms with Crippen molar-refractivity contribution in [3.05, 3.63) is 27.3 Å². The number of carbonyl (C=O) groups is 2. The molecule has 5 nitrogen and oxygen atoms in total. The minimum atomic E-state index is -0.432. The maximum absolute atomic E-state index is 11.3. The van der Waals surface area contributed by atoms with Gasteiger partial charge in [-0.05, 0) is 40.8 Å². The van der Waals surface area contributed by atoms with E-state index in [-0.39, 0.29) is 6.03 Å². The van der Waals surface area contributed by atoms with Gasteiger partial charge in [0.2, 0.25) is 0 Å². The third-order valence-electron chi connectivity index (χ3n) is 1.80. The summed E-state index contributed by atoms with van der Waals surface area (Å²) in [4.78, 5) is 22.4. The van der Waals surface area contributed by atoms with Gasteiger partial charge < -0.3 is 15.4 Å². The number of ether oxygens (including phenoxy) is 1. The molecular formula is C10H11IN2O3. The van der Waals surface area contributed by atoms with Crippen LogP contribution in [0.1, 0.15) is 10.4 Å². The van der Waals surface area contributed by atoms with Crippen LogP contribution in [0.25, 0.3) is 0 Å². The molecule has 6 heteroatoms. The summed E-state index contributed by atoms with van der Waals surface area (Å²) in [6, 6.07) is 4.66. The lowest BCUT2D eigenvalue weighted by atomic mass is 10.2. The van der Waals surface area contributed by atoms with Crippen molar-refractivity contribution in [2.75, 3.05) is 19.5 Å². The minimum Gasteiger partial charge on any atom is -0.465 e. The highest BCUT2D eigenvalue weighted by Gasteiger charge is 2.09. The first-order valence-corrected chi connectivity index (χ1v) is 5.52. The molecule has 0 fully saturated rings. The number of hydrogen-bond donors (Lipinski definition) is 2. The predicted molar refractivity (Wildman–Crippen MR) is 68.6 cm³/mol. The first-order valence-electron chi connectivity index (χ1n) is 4.44. The summed E-state index contributed by atoms with van der Waals surface area (Å²) in [6.07, 6.45) is 0. The highest BCUT2D eigenvalue weighted by molar-refractivity contribution is 14.1. The number of amides is 2. The van der Waals surface area contributed by atoms with Gasteiger partial charge in [-0.3, -0.25) is 0 Å².